The minimum atomic E-state index is 0.235. The third-order valence-corrected chi connectivity index (χ3v) is 3.41. The Labute approximate surface area is 129 Å². The van der Waals surface area contributed by atoms with E-state index < -0.39 is 0 Å². The zero-order valence-corrected chi connectivity index (χ0v) is 12.8. The quantitative estimate of drug-likeness (QED) is 0.699. The molecule has 2 heterocycles. The molecule has 114 valence electrons. The van der Waals surface area contributed by atoms with Gasteiger partial charge in [0, 0.05) is 12.5 Å². The predicted octanol–water partition coefficient (Wildman–Crippen LogP) is 3.08. The lowest BCUT2D eigenvalue weighted by atomic mass is 10.1. The van der Waals surface area contributed by atoms with Crippen molar-refractivity contribution in [2.24, 2.45) is 0 Å². The highest BCUT2D eigenvalue weighted by molar-refractivity contribution is 5.43. The van der Waals surface area contributed by atoms with Gasteiger partial charge in [-0.15, -0.1) is 5.10 Å². The topological polar surface area (TPSA) is 69.6 Å². The zero-order valence-electron chi connectivity index (χ0n) is 12.8. The maximum Gasteiger partial charge on any atom is 0.280 e. The molecule has 22 heavy (non-hydrogen) atoms. The Morgan fingerprint density at radius 1 is 1.18 bits per heavy atom. The van der Waals surface area contributed by atoms with Crippen LogP contribution in [-0.4, -0.2) is 25.1 Å². The summed E-state index contributed by atoms with van der Waals surface area (Å²) in [6.07, 6.45) is 3.88. The molecule has 0 saturated carbocycles. The van der Waals surface area contributed by atoms with Crippen molar-refractivity contribution in [3.8, 4) is 11.6 Å². The van der Waals surface area contributed by atoms with Crippen LogP contribution in [0.25, 0.3) is 11.6 Å². The Bertz CT molecular complexity index is 717. The molecular weight excluding hydrogens is 278 g/mol. The average molecular weight is 297 g/mol. The Hall–Kier alpha value is -2.50. The van der Waals surface area contributed by atoms with Crippen LogP contribution in [0.5, 0.6) is 0 Å². The molecular formula is C16H19N5O. The van der Waals surface area contributed by atoms with E-state index in [0.29, 0.717) is 17.4 Å². The lowest BCUT2D eigenvalue weighted by molar-refractivity contribution is 0.418. The Morgan fingerprint density at radius 2 is 2.00 bits per heavy atom. The number of aryl methyl sites for hydroxylation is 2. The molecule has 6 nitrogen and oxygen atoms in total. The molecule has 0 aliphatic rings. The van der Waals surface area contributed by atoms with E-state index in [-0.39, 0.29) is 5.92 Å². The fourth-order valence-electron chi connectivity index (χ4n) is 2.17. The van der Waals surface area contributed by atoms with Gasteiger partial charge in [-0.2, -0.15) is 4.98 Å². The van der Waals surface area contributed by atoms with Crippen LogP contribution in [0.2, 0.25) is 0 Å². The molecule has 0 aliphatic carbocycles. The Morgan fingerprint density at radius 3 is 2.73 bits per heavy atom. The summed E-state index contributed by atoms with van der Waals surface area (Å²) < 4.78 is 7.04. The fraction of sp³-hybridized carbons (Fsp3) is 0.375. The summed E-state index contributed by atoms with van der Waals surface area (Å²) in [7, 11) is 0. The Kier molecular flexibility index (Phi) is 4.27. The van der Waals surface area contributed by atoms with Gasteiger partial charge in [0.05, 0.1) is 6.20 Å². The van der Waals surface area contributed by atoms with E-state index in [0.717, 1.165) is 19.4 Å². The smallest absolute Gasteiger partial charge is 0.280 e. The molecule has 0 saturated heterocycles. The van der Waals surface area contributed by atoms with Gasteiger partial charge in [0.1, 0.15) is 0 Å². The van der Waals surface area contributed by atoms with Gasteiger partial charge in [-0.05, 0) is 18.4 Å². The van der Waals surface area contributed by atoms with Crippen molar-refractivity contribution in [3.05, 3.63) is 47.9 Å². The molecule has 0 amide bonds. The minimum Gasteiger partial charge on any atom is -0.332 e. The van der Waals surface area contributed by atoms with Crippen molar-refractivity contribution in [2.75, 3.05) is 0 Å². The van der Waals surface area contributed by atoms with Crippen LogP contribution in [0, 0.1) is 0 Å². The average Bonchev–Trinajstić information content (AvgIpc) is 3.17. The van der Waals surface area contributed by atoms with E-state index in [2.05, 4.69) is 44.7 Å². The van der Waals surface area contributed by atoms with Crippen molar-refractivity contribution in [3.63, 3.8) is 0 Å². The largest absolute Gasteiger partial charge is 0.332 e. The number of aromatic nitrogens is 5. The second-order valence-corrected chi connectivity index (χ2v) is 5.57. The highest BCUT2D eigenvalue weighted by atomic mass is 16.5. The minimum absolute atomic E-state index is 0.235. The molecule has 1 aromatic carbocycles. The summed E-state index contributed by atoms with van der Waals surface area (Å²) in [6, 6.07) is 10.4. The lowest BCUT2D eigenvalue weighted by Gasteiger charge is -2.00. The maximum absolute atomic E-state index is 5.22. The number of hydrogen-bond donors (Lipinski definition) is 0. The molecule has 0 radical (unpaired) electrons. The molecule has 3 rings (SSSR count). The first kappa shape index (κ1) is 14.4. The van der Waals surface area contributed by atoms with Crippen molar-refractivity contribution < 1.29 is 4.52 Å². The van der Waals surface area contributed by atoms with Crippen molar-refractivity contribution in [1.82, 2.24) is 25.1 Å². The van der Waals surface area contributed by atoms with Gasteiger partial charge < -0.3 is 4.52 Å². The summed E-state index contributed by atoms with van der Waals surface area (Å²) in [4.78, 5) is 4.33. The van der Waals surface area contributed by atoms with Gasteiger partial charge in [-0.3, -0.25) is 4.68 Å². The lowest BCUT2D eigenvalue weighted by Crippen LogP contribution is -2.00. The highest BCUT2D eigenvalue weighted by Gasteiger charge is 2.14. The molecule has 0 spiro atoms. The molecule has 6 heteroatoms. The zero-order chi connectivity index (χ0) is 15.4. The maximum atomic E-state index is 5.22. The van der Waals surface area contributed by atoms with Gasteiger partial charge in [-0.25, -0.2) is 0 Å². The standard InChI is InChI=1S/C16H19N5O/c1-12(2)15-17-16(22-19-15)14-11-21(20-18-14)10-6-9-13-7-4-3-5-8-13/h3-5,7-8,11-12H,6,9-10H2,1-2H3. The van der Waals surface area contributed by atoms with Gasteiger partial charge in [-0.1, -0.05) is 54.5 Å². The van der Waals surface area contributed by atoms with E-state index in [1.165, 1.54) is 5.56 Å². The summed E-state index contributed by atoms with van der Waals surface area (Å²) >= 11 is 0. The van der Waals surface area contributed by atoms with E-state index in [1.807, 2.05) is 30.8 Å². The van der Waals surface area contributed by atoms with E-state index in [9.17, 15) is 0 Å². The molecule has 0 aliphatic heterocycles. The normalized spacial score (nSPS) is 11.2. The van der Waals surface area contributed by atoms with Crippen molar-refractivity contribution in [1.29, 1.82) is 0 Å². The van der Waals surface area contributed by atoms with E-state index in [4.69, 9.17) is 4.52 Å². The molecule has 0 atom stereocenters. The van der Waals surface area contributed by atoms with E-state index in [1.54, 1.807) is 0 Å². The first-order valence-electron chi connectivity index (χ1n) is 7.50. The van der Waals surface area contributed by atoms with Crippen LogP contribution in [-0.2, 0) is 13.0 Å². The highest BCUT2D eigenvalue weighted by Crippen LogP contribution is 2.17. The van der Waals surface area contributed by atoms with Crippen LogP contribution >= 0.6 is 0 Å². The first-order valence-corrected chi connectivity index (χ1v) is 7.50. The number of hydrogen-bond acceptors (Lipinski definition) is 5. The van der Waals surface area contributed by atoms with Crippen LogP contribution < -0.4 is 0 Å². The molecule has 3 aromatic rings. The second-order valence-electron chi connectivity index (χ2n) is 5.57. The van der Waals surface area contributed by atoms with Crippen LogP contribution in [0.4, 0.5) is 0 Å². The number of rotatable bonds is 6. The number of nitrogens with zero attached hydrogens (tertiary/aromatic N) is 5. The second kappa shape index (κ2) is 6.51. The van der Waals surface area contributed by atoms with Gasteiger partial charge in [0.2, 0.25) is 0 Å². The van der Waals surface area contributed by atoms with Crippen LogP contribution in [0.15, 0.2) is 41.1 Å². The van der Waals surface area contributed by atoms with Crippen LogP contribution in [0.1, 0.15) is 37.6 Å². The Balaban J connectivity index is 1.59. The molecule has 0 unspecified atom stereocenters. The third-order valence-electron chi connectivity index (χ3n) is 3.41. The van der Waals surface area contributed by atoms with E-state index >= 15 is 0 Å². The van der Waals surface area contributed by atoms with Crippen molar-refractivity contribution in [2.45, 2.75) is 39.2 Å². The summed E-state index contributed by atoms with van der Waals surface area (Å²) in [5.74, 6) is 1.35. The van der Waals surface area contributed by atoms with Crippen molar-refractivity contribution >= 4 is 0 Å². The first-order chi connectivity index (χ1) is 10.7. The number of benzene rings is 1. The fourth-order valence-corrected chi connectivity index (χ4v) is 2.17. The molecule has 0 N–H and O–H groups in total. The molecule has 0 bridgehead atoms. The van der Waals surface area contributed by atoms with Gasteiger partial charge in [0.25, 0.3) is 5.89 Å². The molecule has 2 aromatic heterocycles. The SMILES string of the molecule is CC(C)c1noc(-c2cn(CCCc3ccccc3)nn2)n1. The van der Waals surface area contributed by atoms with Crippen LogP contribution in [0.3, 0.4) is 0 Å². The van der Waals surface area contributed by atoms with Gasteiger partial charge >= 0.3 is 0 Å². The summed E-state index contributed by atoms with van der Waals surface area (Å²) in [5.41, 5.74) is 1.96. The molecule has 0 fully saturated rings. The summed E-state index contributed by atoms with van der Waals surface area (Å²) in [5, 5.41) is 12.2. The van der Waals surface area contributed by atoms with Gasteiger partial charge in [0.15, 0.2) is 11.5 Å². The monoisotopic (exact) mass is 297 g/mol. The summed E-state index contributed by atoms with van der Waals surface area (Å²) in [6.45, 7) is 4.86. The third kappa shape index (κ3) is 3.39. The predicted molar refractivity (Wildman–Crippen MR) is 82.2 cm³/mol.